The van der Waals surface area contributed by atoms with Crippen LogP contribution in [0.1, 0.15) is 65.2 Å². The maximum Gasteiger partial charge on any atom is 0.236 e. The van der Waals surface area contributed by atoms with Crippen LogP contribution in [0.25, 0.3) is 0 Å². The Morgan fingerprint density at radius 3 is 2.15 bits per heavy atom. The third kappa shape index (κ3) is 2.50. The number of hydrogen-bond donors (Lipinski definition) is 2. The second-order valence-electron chi connectivity index (χ2n) is 6.85. The highest BCUT2D eigenvalue weighted by Crippen LogP contribution is 2.41. The van der Waals surface area contributed by atoms with E-state index in [1.165, 1.54) is 0 Å². The van der Waals surface area contributed by atoms with Crippen molar-refractivity contribution in [2.45, 2.75) is 70.8 Å². The Labute approximate surface area is 121 Å². The van der Waals surface area contributed by atoms with Crippen LogP contribution in [0.5, 0.6) is 0 Å². The fourth-order valence-corrected chi connectivity index (χ4v) is 3.75. The largest absolute Gasteiger partial charge is 0.409 e. The Hall–Kier alpha value is -1.26. The van der Waals surface area contributed by atoms with Gasteiger partial charge in [0.15, 0.2) is 5.84 Å². The molecule has 0 aromatic heterocycles. The highest BCUT2D eigenvalue weighted by molar-refractivity contribution is 6.07. The van der Waals surface area contributed by atoms with Gasteiger partial charge in [-0.3, -0.25) is 4.79 Å². The summed E-state index contributed by atoms with van der Waals surface area (Å²) in [4.78, 5) is 15.1. The molecule has 2 fully saturated rings. The lowest BCUT2D eigenvalue weighted by Crippen LogP contribution is -2.55. The van der Waals surface area contributed by atoms with Gasteiger partial charge in [0.1, 0.15) is 5.41 Å². The molecule has 0 aromatic rings. The van der Waals surface area contributed by atoms with E-state index in [0.717, 1.165) is 45.1 Å². The fraction of sp³-hybridized carbons (Fsp3) is 0.867. The van der Waals surface area contributed by atoms with E-state index in [4.69, 9.17) is 10.9 Å². The second-order valence-corrected chi connectivity index (χ2v) is 6.85. The molecular formula is C15H27N3O2. The molecule has 2 rings (SSSR count). The Balaban J connectivity index is 2.33. The van der Waals surface area contributed by atoms with Crippen molar-refractivity contribution >= 4 is 11.7 Å². The molecular weight excluding hydrogens is 254 g/mol. The number of rotatable bonds is 2. The van der Waals surface area contributed by atoms with Crippen molar-refractivity contribution in [3.8, 4) is 0 Å². The van der Waals surface area contributed by atoms with Gasteiger partial charge in [0.25, 0.3) is 0 Å². The van der Waals surface area contributed by atoms with Crippen molar-refractivity contribution in [1.82, 2.24) is 4.90 Å². The maximum absolute atomic E-state index is 13.1. The lowest BCUT2D eigenvalue weighted by atomic mass is 9.77. The summed E-state index contributed by atoms with van der Waals surface area (Å²) in [5.41, 5.74) is 5.06. The molecule has 1 saturated heterocycles. The van der Waals surface area contributed by atoms with Gasteiger partial charge in [-0.25, -0.2) is 0 Å². The molecule has 0 radical (unpaired) electrons. The molecule has 1 amide bonds. The number of carbonyl (C=O) groups excluding carboxylic acids is 1. The molecule has 2 aliphatic rings. The van der Waals surface area contributed by atoms with Gasteiger partial charge in [-0.15, -0.1) is 0 Å². The average molecular weight is 281 g/mol. The summed E-state index contributed by atoms with van der Waals surface area (Å²) in [7, 11) is 0. The monoisotopic (exact) mass is 281 g/mol. The van der Waals surface area contributed by atoms with Gasteiger partial charge in [-0.1, -0.05) is 30.8 Å². The summed E-state index contributed by atoms with van der Waals surface area (Å²) >= 11 is 0. The molecule has 5 heteroatoms. The maximum atomic E-state index is 13.1. The van der Waals surface area contributed by atoms with Gasteiger partial charge in [0, 0.05) is 12.1 Å². The van der Waals surface area contributed by atoms with E-state index in [1.807, 2.05) is 4.90 Å². The number of likely N-dealkylation sites (tertiary alicyclic amines) is 1. The van der Waals surface area contributed by atoms with Gasteiger partial charge in [-0.05, 0) is 39.5 Å². The summed E-state index contributed by atoms with van der Waals surface area (Å²) < 4.78 is 0. The molecule has 0 spiro atoms. The van der Waals surface area contributed by atoms with Crippen LogP contribution in [-0.2, 0) is 4.79 Å². The Morgan fingerprint density at radius 1 is 1.10 bits per heavy atom. The van der Waals surface area contributed by atoms with Crippen LogP contribution in [0.3, 0.4) is 0 Å². The predicted molar refractivity (Wildman–Crippen MR) is 78.6 cm³/mol. The first-order valence-corrected chi connectivity index (χ1v) is 7.74. The predicted octanol–water partition coefficient (Wildman–Crippen LogP) is 2.47. The van der Waals surface area contributed by atoms with Crippen LogP contribution in [0.15, 0.2) is 5.16 Å². The molecule has 20 heavy (non-hydrogen) atoms. The van der Waals surface area contributed by atoms with Gasteiger partial charge in [-0.2, -0.15) is 0 Å². The number of amidine groups is 1. The molecule has 1 heterocycles. The van der Waals surface area contributed by atoms with E-state index in [1.54, 1.807) is 0 Å². The lowest BCUT2D eigenvalue weighted by Gasteiger charge is -2.40. The molecule has 0 unspecified atom stereocenters. The highest BCUT2D eigenvalue weighted by atomic mass is 16.4. The van der Waals surface area contributed by atoms with Crippen LogP contribution in [0, 0.1) is 5.41 Å². The quantitative estimate of drug-likeness (QED) is 0.268. The zero-order valence-corrected chi connectivity index (χ0v) is 12.7. The van der Waals surface area contributed by atoms with Gasteiger partial charge in [0.2, 0.25) is 5.91 Å². The normalized spacial score (nSPS) is 26.3. The van der Waals surface area contributed by atoms with E-state index < -0.39 is 5.41 Å². The van der Waals surface area contributed by atoms with E-state index >= 15 is 0 Å². The summed E-state index contributed by atoms with van der Waals surface area (Å²) in [6.07, 6.45) is 7.64. The van der Waals surface area contributed by atoms with E-state index in [0.29, 0.717) is 12.8 Å². The first-order valence-electron chi connectivity index (χ1n) is 7.74. The molecule has 0 aromatic carbocycles. The van der Waals surface area contributed by atoms with Crippen LogP contribution in [0.4, 0.5) is 0 Å². The van der Waals surface area contributed by atoms with E-state index in [-0.39, 0.29) is 17.3 Å². The fourth-order valence-electron chi connectivity index (χ4n) is 3.75. The minimum absolute atomic E-state index is 0.0669. The Bertz CT molecular complexity index is 396. The average Bonchev–Trinajstić information content (AvgIpc) is 2.65. The summed E-state index contributed by atoms with van der Waals surface area (Å²) in [5.74, 6) is 0.171. The summed E-state index contributed by atoms with van der Waals surface area (Å²) in [6.45, 7) is 5.00. The first-order chi connectivity index (χ1) is 9.44. The van der Waals surface area contributed by atoms with E-state index in [9.17, 15) is 4.79 Å². The number of nitrogens with zero attached hydrogens (tertiary/aromatic N) is 2. The SMILES string of the molecule is CC1(C)CCCN1C(=O)C1(C(N)=NO)CCCCCC1. The minimum atomic E-state index is -0.785. The highest BCUT2D eigenvalue weighted by Gasteiger charge is 2.49. The molecule has 3 N–H and O–H groups in total. The van der Waals surface area contributed by atoms with Crippen molar-refractivity contribution in [3.05, 3.63) is 0 Å². The number of amides is 1. The van der Waals surface area contributed by atoms with Crippen molar-refractivity contribution < 1.29 is 10.0 Å². The Kier molecular flexibility index (Phi) is 4.25. The standard InChI is InChI=1S/C15H27N3O2/c1-14(2)8-7-11-18(14)13(19)15(12(16)17-20)9-5-3-4-6-10-15/h20H,3-11H2,1-2H3,(H2,16,17). The van der Waals surface area contributed by atoms with Gasteiger partial charge in [0.05, 0.1) is 0 Å². The molecule has 0 bridgehead atoms. The number of nitrogens with two attached hydrogens (primary N) is 1. The zero-order valence-electron chi connectivity index (χ0n) is 12.7. The number of hydrogen-bond acceptors (Lipinski definition) is 3. The van der Waals surface area contributed by atoms with Crippen molar-refractivity contribution in [2.75, 3.05) is 6.54 Å². The third-order valence-electron chi connectivity index (χ3n) is 5.11. The molecule has 1 aliphatic heterocycles. The van der Waals surface area contributed by atoms with E-state index in [2.05, 4.69) is 19.0 Å². The zero-order chi connectivity index (χ0) is 14.8. The van der Waals surface area contributed by atoms with Crippen molar-refractivity contribution in [3.63, 3.8) is 0 Å². The topological polar surface area (TPSA) is 78.9 Å². The number of carbonyl (C=O) groups is 1. The van der Waals surface area contributed by atoms with Gasteiger partial charge >= 0.3 is 0 Å². The van der Waals surface area contributed by atoms with Crippen LogP contribution in [0.2, 0.25) is 0 Å². The van der Waals surface area contributed by atoms with Crippen molar-refractivity contribution in [2.24, 2.45) is 16.3 Å². The summed E-state index contributed by atoms with van der Waals surface area (Å²) in [5, 5.41) is 12.4. The molecule has 0 atom stereocenters. The lowest BCUT2D eigenvalue weighted by molar-refractivity contribution is -0.142. The third-order valence-corrected chi connectivity index (χ3v) is 5.11. The second kappa shape index (κ2) is 5.62. The number of oxime groups is 1. The Morgan fingerprint density at radius 2 is 1.70 bits per heavy atom. The van der Waals surface area contributed by atoms with Crippen molar-refractivity contribution in [1.29, 1.82) is 0 Å². The minimum Gasteiger partial charge on any atom is -0.409 e. The first kappa shape index (κ1) is 15.1. The summed E-state index contributed by atoms with van der Waals surface area (Å²) in [6, 6.07) is 0. The van der Waals surface area contributed by atoms with Crippen LogP contribution >= 0.6 is 0 Å². The van der Waals surface area contributed by atoms with Gasteiger partial charge < -0.3 is 15.8 Å². The molecule has 114 valence electrons. The molecule has 1 aliphatic carbocycles. The van der Waals surface area contributed by atoms with Crippen LogP contribution < -0.4 is 5.73 Å². The van der Waals surface area contributed by atoms with Crippen LogP contribution in [-0.4, -0.2) is 33.9 Å². The molecule has 5 nitrogen and oxygen atoms in total. The molecule has 1 saturated carbocycles. The smallest absolute Gasteiger partial charge is 0.236 e.